The van der Waals surface area contributed by atoms with Gasteiger partial charge in [-0.3, -0.25) is 9.59 Å². The van der Waals surface area contributed by atoms with E-state index in [1.54, 1.807) is 25.1 Å². The molecular weight excluding hydrogens is 378 g/mol. The number of benzene rings is 2. The zero-order valence-corrected chi connectivity index (χ0v) is 17.2. The van der Waals surface area contributed by atoms with E-state index in [9.17, 15) is 20.0 Å². The van der Waals surface area contributed by atoms with Gasteiger partial charge in [0.1, 0.15) is 6.04 Å². The Labute approximate surface area is 176 Å². The largest absolute Gasteiger partial charge is 0.394 e. The van der Waals surface area contributed by atoms with E-state index in [1.807, 2.05) is 42.5 Å². The summed E-state index contributed by atoms with van der Waals surface area (Å²) in [5.74, 6) is -0.373. The minimum Gasteiger partial charge on any atom is -0.394 e. The van der Waals surface area contributed by atoms with Crippen molar-refractivity contribution in [1.29, 1.82) is 5.26 Å². The summed E-state index contributed by atoms with van der Waals surface area (Å²) in [5.41, 5.74) is 3.28. The molecule has 30 heavy (non-hydrogen) atoms. The molecule has 2 aliphatic rings. The van der Waals surface area contributed by atoms with Crippen LogP contribution in [-0.2, 0) is 4.79 Å². The van der Waals surface area contributed by atoms with Crippen LogP contribution in [0.3, 0.4) is 0 Å². The van der Waals surface area contributed by atoms with Crippen LogP contribution in [0.15, 0.2) is 48.5 Å². The molecule has 1 saturated carbocycles. The molecule has 0 bridgehead atoms. The van der Waals surface area contributed by atoms with Gasteiger partial charge < -0.3 is 14.9 Å². The Balaban J connectivity index is 1.72. The Morgan fingerprint density at radius 1 is 1.17 bits per heavy atom. The summed E-state index contributed by atoms with van der Waals surface area (Å²) in [6.07, 6.45) is 1.72. The molecule has 6 heteroatoms. The summed E-state index contributed by atoms with van der Waals surface area (Å²) in [6.45, 7) is -0.186. The summed E-state index contributed by atoms with van der Waals surface area (Å²) in [6, 6.07) is 16.4. The summed E-state index contributed by atoms with van der Waals surface area (Å²) < 4.78 is 0. The average molecular weight is 403 g/mol. The van der Waals surface area contributed by atoms with Gasteiger partial charge in [-0.05, 0) is 41.7 Å². The molecule has 1 heterocycles. The van der Waals surface area contributed by atoms with Gasteiger partial charge in [-0.2, -0.15) is 5.26 Å². The second-order valence-electron chi connectivity index (χ2n) is 8.24. The van der Waals surface area contributed by atoms with E-state index in [4.69, 9.17) is 0 Å². The topological polar surface area (TPSA) is 84.6 Å². The van der Waals surface area contributed by atoms with Crippen LogP contribution < -0.4 is 0 Å². The highest BCUT2D eigenvalue weighted by Gasteiger charge is 2.54. The number of aliphatic hydroxyl groups excluding tert-OH is 1. The fourth-order valence-corrected chi connectivity index (χ4v) is 4.35. The van der Waals surface area contributed by atoms with Gasteiger partial charge in [-0.15, -0.1) is 0 Å². The Hall–Kier alpha value is -3.17. The summed E-state index contributed by atoms with van der Waals surface area (Å²) >= 11 is 0. The molecule has 2 aromatic carbocycles. The third-order valence-corrected chi connectivity index (χ3v) is 6.06. The molecule has 1 aliphatic carbocycles. The number of amides is 2. The molecule has 1 saturated heterocycles. The molecule has 2 fully saturated rings. The Morgan fingerprint density at radius 3 is 2.53 bits per heavy atom. The molecule has 154 valence electrons. The van der Waals surface area contributed by atoms with E-state index in [2.05, 4.69) is 6.07 Å². The van der Waals surface area contributed by atoms with E-state index < -0.39 is 12.1 Å². The highest BCUT2D eigenvalue weighted by atomic mass is 16.3. The lowest BCUT2D eigenvalue weighted by Gasteiger charge is -2.52. The number of hydrogen-bond acceptors (Lipinski definition) is 4. The predicted molar refractivity (Wildman–Crippen MR) is 112 cm³/mol. The monoisotopic (exact) mass is 403 g/mol. The van der Waals surface area contributed by atoms with Crippen LogP contribution in [0.1, 0.15) is 34.7 Å². The summed E-state index contributed by atoms with van der Waals surface area (Å²) in [7, 11) is 3.43. The molecule has 4 rings (SSSR count). The van der Waals surface area contributed by atoms with Gasteiger partial charge in [0.05, 0.1) is 18.7 Å². The minimum absolute atomic E-state index is 0.000166. The average Bonchev–Trinajstić information content (AvgIpc) is 3.59. The molecule has 3 atom stereocenters. The predicted octanol–water partition coefficient (Wildman–Crippen LogP) is 2.64. The second-order valence-corrected chi connectivity index (χ2v) is 8.24. The third-order valence-electron chi connectivity index (χ3n) is 6.06. The van der Waals surface area contributed by atoms with Crippen molar-refractivity contribution < 1.29 is 14.7 Å². The Kier molecular flexibility index (Phi) is 5.31. The van der Waals surface area contributed by atoms with Crippen molar-refractivity contribution in [2.45, 2.75) is 30.8 Å². The lowest BCUT2D eigenvalue weighted by molar-refractivity contribution is -0.148. The number of aliphatic hydroxyl groups is 1. The molecule has 0 spiro atoms. The highest BCUT2D eigenvalue weighted by molar-refractivity contribution is 5.95. The molecule has 1 N–H and O–H groups in total. The summed E-state index contributed by atoms with van der Waals surface area (Å²) in [4.78, 5) is 28.2. The van der Waals surface area contributed by atoms with E-state index >= 15 is 0 Å². The zero-order chi connectivity index (χ0) is 21.4. The zero-order valence-electron chi connectivity index (χ0n) is 17.2. The smallest absolute Gasteiger partial charge is 0.253 e. The first-order valence-electron chi connectivity index (χ1n) is 10.2. The van der Waals surface area contributed by atoms with Crippen molar-refractivity contribution in [3.8, 4) is 17.2 Å². The van der Waals surface area contributed by atoms with Gasteiger partial charge in [-0.1, -0.05) is 36.4 Å². The first-order chi connectivity index (χ1) is 14.5. The lowest BCUT2D eigenvalue weighted by Crippen LogP contribution is -2.65. The van der Waals surface area contributed by atoms with Gasteiger partial charge in [0, 0.05) is 31.5 Å². The summed E-state index contributed by atoms with van der Waals surface area (Å²) in [5, 5.41) is 19.9. The van der Waals surface area contributed by atoms with Gasteiger partial charge in [0.25, 0.3) is 5.91 Å². The van der Waals surface area contributed by atoms with Crippen molar-refractivity contribution in [3.63, 3.8) is 0 Å². The van der Waals surface area contributed by atoms with E-state index in [-0.39, 0.29) is 30.3 Å². The van der Waals surface area contributed by atoms with Crippen molar-refractivity contribution in [3.05, 3.63) is 59.7 Å². The quantitative estimate of drug-likeness (QED) is 0.832. The first kappa shape index (κ1) is 20.1. The van der Waals surface area contributed by atoms with Crippen LogP contribution in [0.25, 0.3) is 11.1 Å². The van der Waals surface area contributed by atoms with Crippen LogP contribution in [0.4, 0.5) is 0 Å². The maximum atomic E-state index is 12.7. The fraction of sp³-hybridized carbons (Fsp3) is 0.375. The number of nitriles is 1. The Bertz CT molecular complexity index is 1020. The van der Waals surface area contributed by atoms with Gasteiger partial charge in [-0.25, -0.2) is 0 Å². The van der Waals surface area contributed by atoms with Gasteiger partial charge in [0.15, 0.2) is 0 Å². The number of likely N-dealkylation sites (tertiary alicyclic amines) is 1. The normalized spacial score (nSPS) is 22.7. The third kappa shape index (κ3) is 3.35. The van der Waals surface area contributed by atoms with Crippen LogP contribution >= 0.6 is 0 Å². The van der Waals surface area contributed by atoms with Gasteiger partial charge >= 0.3 is 0 Å². The second kappa shape index (κ2) is 7.92. The SMILES string of the molecule is CN(C)C(=O)c1cccc(-c2ccccc2[C@H]2[C@@H](CO)N(C(=O)C3CC3)[C@H]2C#N)c1. The maximum Gasteiger partial charge on any atom is 0.253 e. The van der Waals surface area contributed by atoms with E-state index in [0.717, 1.165) is 29.5 Å². The molecule has 2 aromatic rings. The Morgan fingerprint density at radius 2 is 1.90 bits per heavy atom. The van der Waals surface area contributed by atoms with Crippen molar-refractivity contribution in [2.75, 3.05) is 20.7 Å². The molecule has 2 amide bonds. The number of nitrogens with zero attached hydrogens (tertiary/aromatic N) is 3. The number of carbonyl (C=O) groups excluding carboxylic acids is 2. The number of carbonyl (C=O) groups is 2. The lowest BCUT2D eigenvalue weighted by atomic mass is 9.73. The highest BCUT2D eigenvalue weighted by Crippen LogP contribution is 2.46. The first-order valence-corrected chi connectivity index (χ1v) is 10.2. The van der Waals surface area contributed by atoms with E-state index in [0.29, 0.717) is 5.56 Å². The number of rotatable bonds is 5. The molecule has 0 unspecified atom stereocenters. The van der Waals surface area contributed by atoms with Gasteiger partial charge in [0.2, 0.25) is 5.91 Å². The molecule has 1 aliphatic heterocycles. The van der Waals surface area contributed by atoms with Crippen LogP contribution in [0, 0.1) is 17.2 Å². The maximum absolute atomic E-state index is 12.7. The van der Waals surface area contributed by atoms with Crippen LogP contribution in [0.5, 0.6) is 0 Å². The van der Waals surface area contributed by atoms with Crippen molar-refractivity contribution >= 4 is 11.8 Å². The van der Waals surface area contributed by atoms with Crippen LogP contribution in [-0.4, -0.2) is 59.5 Å². The van der Waals surface area contributed by atoms with Crippen molar-refractivity contribution in [2.24, 2.45) is 5.92 Å². The fourth-order valence-electron chi connectivity index (χ4n) is 4.35. The molecule has 6 nitrogen and oxygen atoms in total. The minimum atomic E-state index is -0.594. The standard InChI is InChI=1S/C24H25N3O3/c1-26(2)23(29)17-7-5-6-16(12-17)18-8-3-4-9-19(18)22-20(13-25)27(21(22)14-28)24(30)15-10-11-15/h3-9,12,15,20-22,28H,10-11,14H2,1-2H3/t20-,21+,22+/m0/s1. The van der Waals surface area contributed by atoms with Crippen molar-refractivity contribution in [1.82, 2.24) is 9.80 Å². The molecule has 0 radical (unpaired) electrons. The van der Waals surface area contributed by atoms with E-state index in [1.165, 1.54) is 4.90 Å². The molecule has 0 aromatic heterocycles. The van der Waals surface area contributed by atoms with Crippen LogP contribution in [0.2, 0.25) is 0 Å². The number of hydrogen-bond donors (Lipinski definition) is 1. The molecular formula is C24H25N3O3.